The van der Waals surface area contributed by atoms with Crippen molar-refractivity contribution in [2.45, 2.75) is 44.4 Å². The van der Waals surface area contributed by atoms with E-state index in [9.17, 15) is 4.79 Å². The smallest absolute Gasteiger partial charge is 0.237 e. The van der Waals surface area contributed by atoms with Crippen LogP contribution in [-0.4, -0.2) is 24.7 Å². The summed E-state index contributed by atoms with van der Waals surface area (Å²) >= 11 is 0. The molecule has 5 heteroatoms. The fourth-order valence-electron chi connectivity index (χ4n) is 4.12. The normalized spacial score (nSPS) is 16.8. The molecule has 1 aliphatic heterocycles. The van der Waals surface area contributed by atoms with Gasteiger partial charge in [0.2, 0.25) is 12.7 Å². The van der Waals surface area contributed by atoms with Crippen LogP contribution in [0.4, 0.5) is 5.69 Å². The van der Waals surface area contributed by atoms with Crippen LogP contribution in [0.2, 0.25) is 0 Å². The van der Waals surface area contributed by atoms with Crippen molar-refractivity contribution >= 4 is 22.5 Å². The minimum absolute atomic E-state index is 0. The largest absolute Gasteiger partial charge is 0.454 e. The third-order valence-electron chi connectivity index (χ3n) is 6.19. The Labute approximate surface area is 172 Å². The van der Waals surface area contributed by atoms with Gasteiger partial charge < -0.3 is 19.4 Å². The Morgan fingerprint density at radius 3 is 2.55 bits per heavy atom. The number of rotatable bonds is 3. The van der Waals surface area contributed by atoms with Crippen molar-refractivity contribution in [2.75, 3.05) is 18.7 Å². The maximum Gasteiger partial charge on any atom is 0.237 e. The number of likely N-dealkylation sites (N-methyl/N-ethyl adjacent to an activating group) is 1. The lowest BCUT2D eigenvalue weighted by Crippen LogP contribution is -2.36. The second-order valence-corrected chi connectivity index (χ2v) is 9.22. The lowest BCUT2D eigenvalue weighted by Gasteiger charge is -2.24. The molecule has 0 spiro atoms. The zero-order valence-electron chi connectivity index (χ0n) is 17.3. The Kier molecular flexibility index (Phi) is 3.76. The number of nitrogens with one attached hydrogen (secondary N) is 1. The molecule has 152 valence electrons. The maximum absolute atomic E-state index is 13.5. The Morgan fingerprint density at radius 2 is 1.83 bits per heavy atom. The van der Waals surface area contributed by atoms with E-state index in [1.54, 1.807) is 4.90 Å². The molecule has 1 fully saturated rings. The molecule has 2 aliphatic rings. The van der Waals surface area contributed by atoms with Crippen molar-refractivity contribution in [3.05, 3.63) is 53.7 Å². The zero-order chi connectivity index (χ0) is 20.4. The molecule has 1 aromatic heterocycles. The quantitative estimate of drug-likeness (QED) is 0.672. The number of hydrogen-bond donors (Lipinski definition) is 1. The number of ether oxygens (including phenoxy) is 2. The van der Waals surface area contributed by atoms with Gasteiger partial charge in [0.05, 0.1) is 5.41 Å². The summed E-state index contributed by atoms with van der Waals surface area (Å²) in [7, 11) is 1.87. The van der Waals surface area contributed by atoms with Crippen LogP contribution >= 0.6 is 0 Å². The zero-order valence-corrected chi connectivity index (χ0v) is 17.3. The molecular formula is C24H28N2O3. The SMILES string of the molecule is CN(C(=O)C1(c2ccc3c(c2)OCO3)CC1)c1ccc2[nH]c(C(C)(C)C)cc2c1.[HH]. The molecule has 2 heterocycles. The third-order valence-corrected chi connectivity index (χ3v) is 6.19. The van der Waals surface area contributed by atoms with Crippen molar-refractivity contribution in [2.24, 2.45) is 0 Å². The second kappa shape index (κ2) is 6.02. The van der Waals surface area contributed by atoms with Gasteiger partial charge >= 0.3 is 0 Å². The van der Waals surface area contributed by atoms with E-state index in [0.29, 0.717) is 0 Å². The Balaban J connectivity index is 0.00000218. The van der Waals surface area contributed by atoms with Gasteiger partial charge in [0, 0.05) is 36.2 Å². The molecule has 5 rings (SSSR count). The number of nitrogens with zero attached hydrogens (tertiary/aromatic N) is 1. The molecule has 1 amide bonds. The van der Waals surface area contributed by atoms with Gasteiger partial charge in [-0.25, -0.2) is 0 Å². The highest BCUT2D eigenvalue weighted by molar-refractivity contribution is 6.04. The standard InChI is InChI=1S/C24H26N2O3.H2/c1-23(2,3)21-12-15-11-17(6-7-18(15)25-21)26(4)22(27)24(9-10-24)16-5-8-19-20(13-16)29-14-28-19;/h5-8,11-13,25H,9-10,14H2,1-4H3;1H. The number of carbonyl (C=O) groups is 1. The molecule has 5 nitrogen and oxygen atoms in total. The minimum atomic E-state index is -0.459. The van der Waals surface area contributed by atoms with Gasteiger partial charge in [-0.3, -0.25) is 4.79 Å². The predicted molar refractivity (Wildman–Crippen MR) is 116 cm³/mol. The van der Waals surface area contributed by atoms with Crippen LogP contribution in [0.3, 0.4) is 0 Å². The Morgan fingerprint density at radius 1 is 1.07 bits per heavy atom. The summed E-state index contributed by atoms with van der Waals surface area (Å²) < 4.78 is 10.9. The monoisotopic (exact) mass is 392 g/mol. The highest BCUT2D eigenvalue weighted by Crippen LogP contribution is 2.52. The van der Waals surface area contributed by atoms with Crippen LogP contribution in [0.15, 0.2) is 42.5 Å². The van der Waals surface area contributed by atoms with Crippen molar-refractivity contribution < 1.29 is 15.7 Å². The second-order valence-electron chi connectivity index (χ2n) is 9.22. The number of H-pyrrole nitrogens is 1. The molecular weight excluding hydrogens is 364 g/mol. The van der Waals surface area contributed by atoms with E-state index in [-0.39, 0.29) is 19.5 Å². The molecule has 0 radical (unpaired) electrons. The number of amides is 1. The molecule has 1 saturated carbocycles. The first-order valence-corrected chi connectivity index (χ1v) is 10.1. The van der Waals surface area contributed by atoms with Gasteiger partial charge in [0.25, 0.3) is 0 Å². The lowest BCUT2D eigenvalue weighted by atomic mass is 9.92. The van der Waals surface area contributed by atoms with Gasteiger partial charge in [0.1, 0.15) is 0 Å². The number of anilines is 1. The van der Waals surface area contributed by atoms with E-state index in [1.165, 1.54) is 5.69 Å². The first kappa shape index (κ1) is 18.1. The van der Waals surface area contributed by atoms with E-state index >= 15 is 0 Å². The summed E-state index contributed by atoms with van der Waals surface area (Å²) in [5, 5.41) is 1.13. The number of benzene rings is 2. The van der Waals surface area contributed by atoms with E-state index < -0.39 is 5.41 Å². The number of aromatic nitrogens is 1. The number of fused-ring (bicyclic) bond motifs is 2. The summed E-state index contributed by atoms with van der Waals surface area (Å²) in [5.74, 6) is 1.60. The summed E-state index contributed by atoms with van der Waals surface area (Å²) in [6, 6.07) is 14.2. The predicted octanol–water partition coefficient (Wildman–Crippen LogP) is 5.13. The Hall–Kier alpha value is -2.95. The van der Waals surface area contributed by atoms with Gasteiger partial charge in [-0.1, -0.05) is 26.8 Å². The molecule has 0 atom stereocenters. The van der Waals surface area contributed by atoms with E-state index in [1.807, 2.05) is 31.3 Å². The average molecular weight is 392 g/mol. The summed E-state index contributed by atoms with van der Waals surface area (Å²) in [5.41, 5.74) is 3.80. The molecule has 3 aromatic rings. The Bertz CT molecular complexity index is 1130. The van der Waals surface area contributed by atoms with E-state index in [2.05, 4.69) is 44.0 Å². The van der Waals surface area contributed by atoms with Crippen LogP contribution in [0.5, 0.6) is 11.5 Å². The fraction of sp³-hybridized carbons (Fsp3) is 0.375. The van der Waals surface area contributed by atoms with Crippen molar-refractivity contribution in [3.63, 3.8) is 0 Å². The van der Waals surface area contributed by atoms with Crippen LogP contribution in [0.1, 0.15) is 46.3 Å². The number of carbonyl (C=O) groups excluding carboxylic acids is 1. The lowest BCUT2D eigenvalue weighted by molar-refractivity contribution is -0.120. The highest BCUT2D eigenvalue weighted by atomic mass is 16.7. The van der Waals surface area contributed by atoms with E-state index in [4.69, 9.17) is 9.47 Å². The average Bonchev–Trinajstić information content (AvgIpc) is 3.16. The van der Waals surface area contributed by atoms with Gasteiger partial charge in [0.15, 0.2) is 11.5 Å². The van der Waals surface area contributed by atoms with Gasteiger partial charge in [-0.05, 0) is 54.8 Å². The third kappa shape index (κ3) is 2.87. The van der Waals surface area contributed by atoms with E-state index in [0.717, 1.165) is 46.5 Å². The summed E-state index contributed by atoms with van der Waals surface area (Å²) in [4.78, 5) is 18.8. The topological polar surface area (TPSA) is 54.6 Å². The number of hydrogen-bond acceptors (Lipinski definition) is 3. The maximum atomic E-state index is 13.5. The van der Waals surface area contributed by atoms with Gasteiger partial charge in [-0.15, -0.1) is 0 Å². The van der Waals surface area contributed by atoms with Crippen LogP contribution < -0.4 is 14.4 Å². The molecule has 0 bridgehead atoms. The molecule has 29 heavy (non-hydrogen) atoms. The molecule has 1 N–H and O–H groups in total. The van der Waals surface area contributed by atoms with Crippen LogP contribution in [0.25, 0.3) is 10.9 Å². The van der Waals surface area contributed by atoms with Crippen LogP contribution in [-0.2, 0) is 15.6 Å². The van der Waals surface area contributed by atoms with Crippen LogP contribution in [0, 0.1) is 0 Å². The molecule has 1 aliphatic carbocycles. The van der Waals surface area contributed by atoms with Gasteiger partial charge in [-0.2, -0.15) is 0 Å². The summed E-state index contributed by atoms with van der Waals surface area (Å²) in [6.45, 7) is 6.82. The molecule has 0 unspecified atom stereocenters. The van der Waals surface area contributed by atoms with Crippen molar-refractivity contribution in [1.29, 1.82) is 0 Å². The number of aromatic amines is 1. The first-order chi connectivity index (χ1) is 13.8. The summed E-state index contributed by atoms with van der Waals surface area (Å²) in [6.07, 6.45) is 1.72. The molecule has 2 aromatic carbocycles. The van der Waals surface area contributed by atoms with Crippen molar-refractivity contribution in [1.82, 2.24) is 4.98 Å². The molecule has 0 saturated heterocycles. The van der Waals surface area contributed by atoms with Crippen molar-refractivity contribution in [3.8, 4) is 11.5 Å². The fourth-order valence-corrected chi connectivity index (χ4v) is 4.12. The first-order valence-electron chi connectivity index (χ1n) is 10.1. The highest BCUT2D eigenvalue weighted by Gasteiger charge is 2.53. The minimum Gasteiger partial charge on any atom is -0.454 e.